The molecule has 1 aliphatic rings. The number of alkyl halides is 2. The maximum absolute atomic E-state index is 10.9. The Labute approximate surface area is 205 Å². The Kier molecular flexibility index (Phi) is 39.6. The molecular formula is C15H29Cl2NaO3S4. The minimum atomic E-state index is -0.127. The van der Waals surface area contributed by atoms with Crippen molar-refractivity contribution in [1.29, 1.82) is 0 Å². The third-order valence-electron chi connectivity index (χ3n) is 2.25. The van der Waals surface area contributed by atoms with Crippen LogP contribution in [0, 0.1) is 11.8 Å². The molecule has 0 atom stereocenters. The predicted molar refractivity (Wildman–Crippen MR) is 118 cm³/mol. The smallest absolute Gasteiger partial charge is 0.857 e. The third-order valence-corrected chi connectivity index (χ3v) is 6.76. The zero-order valence-electron chi connectivity index (χ0n) is 15.5. The summed E-state index contributed by atoms with van der Waals surface area (Å²) in [4.78, 5) is 20.8. The zero-order chi connectivity index (χ0) is 19.4. The molecule has 1 fully saturated rings. The molecule has 0 radical (unpaired) electrons. The maximum atomic E-state index is 10.9. The van der Waals surface area contributed by atoms with Crippen molar-refractivity contribution in [1.82, 2.24) is 0 Å². The van der Waals surface area contributed by atoms with Crippen molar-refractivity contribution in [3.8, 4) is 0 Å². The van der Waals surface area contributed by atoms with Gasteiger partial charge in [0.2, 0.25) is 0 Å². The molecule has 0 amide bonds. The molecule has 0 aromatic rings. The van der Waals surface area contributed by atoms with Crippen molar-refractivity contribution in [2.45, 2.75) is 13.8 Å². The van der Waals surface area contributed by atoms with Crippen LogP contribution in [-0.2, 0) is 9.59 Å². The van der Waals surface area contributed by atoms with E-state index in [0.29, 0.717) is 11.7 Å². The molecule has 1 saturated heterocycles. The molecule has 0 N–H and O–H groups in total. The number of rotatable bonds is 4. The van der Waals surface area contributed by atoms with Gasteiger partial charge in [-0.25, -0.2) is 0 Å². The quantitative estimate of drug-likeness (QED) is 0.342. The number of halogens is 2. The molecule has 25 heavy (non-hydrogen) atoms. The Morgan fingerprint density at radius 3 is 1.72 bits per heavy atom. The molecule has 0 aromatic heterocycles. The average molecular weight is 480 g/mol. The largest absolute Gasteiger partial charge is 1.00 e. The van der Waals surface area contributed by atoms with Crippen molar-refractivity contribution in [2.24, 2.45) is 11.8 Å². The Morgan fingerprint density at radius 2 is 1.52 bits per heavy atom. The molecule has 146 valence electrons. The molecule has 0 unspecified atom stereocenters. The van der Waals surface area contributed by atoms with E-state index in [9.17, 15) is 9.59 Å². The van der Waals surface area contributed by atoms with Gasteiger partial charge in [-0.05, 0) is 34.8 Å². The summed E-state index contributed by atoms with van der Waals surface area (Å²) in [6.07, 6.45) is 0. The normalized spacial score (nSPS) is 14.2. The van der Waals surface area contributed by atoms with Gasteiger partial charge in [-0.1, -0.05) is 13.8 Å². The van der Waals surface area contributed by atoms with Crippen LogP contribution in [0.5, 0.6) is 0 Å². The van der Waals surface area contributed by atoms with Gasteiger partial charge in [-0.15, -0.1) is 23.2 Å². The SMILES string of the molecule is CC(CS)CS.CC1CSCC(=O)CSC1.C[O-].O=C(CCl)CCl.[Na+]. The van der Waals surface area contributed by atoms with Gasteiger partial charge in [0.05, 0.1) is 23.3 Å². The molecule has 0 aliphatic carbocycles. The van der Waals surface area contributed by atoms with E-state index in [0.717, 1.165) is 47.5 Å². The third kappa shape index (κ3) is 31.2. The summed E-state index contributed by atoms with van der Waals surface area (Å²) in [6.45, 7) is 4.37. The van der Waals surface area contributed by atoms with E-state index in [1.807, 2.05) is 0 Å². The average Bonchev–Trinajstić information content (AvgIpc) is 2.61. The number of thiol groups is 2. The second-order valence-corrected chi connectivity index (χ2v) is 8.28. The molecular weight excluding hydrogens is 450 g/mol. The standard InChI is InChI=1S/C7H12OS2.C4H10S2.C3H4Cl2O.CH3O.Na/c1-6-2-9-4-7(8)5-10-3-6;1-4(2-5)3-6;4-1-3(6)2-5;1-2;/h6H,2-5H2,1H3;4-6H,2-3H2,1H3;1-2H2;1H3;/q;;;-1;+1. The van der Waals surface area contributed by atoms with Crippen LogP contribution in [-0.4, -0.2) is 65.0 Å². The first-order chi connectivity index (χ1) is 11.4. The summed E-state index contributed by atoms with van der Waals surface area (Å²) in [5, 5.41) is 8.25. The molecule has 0 spiro atoms. The van der Waals surface area contributed by atoms with Crippen molar-refractivity contribution < 1.29 is 44.3 Å². The van der Waals surface area contributed by atoms with Gasteiger partial charge in [0.15, 0.2) is 11.6 Å². The molecule has 1 rings (SSSR count). The summed E-state index contributed by atoms with van der Waals surface area (Å²) >= 11 is 21.7. The second-order valence-electron chi connectivity index (χ2n) is 4.95. The van der Waals surface area contributed by atoms with Crippen LogP contribution in [0.15, 0.2) is 0 Å². The minimum absolute atomic E-state index is 0. The number of carbonyl (C=O) groups is 2. The second kappa shape index (κ2) is 28.5. The van der Waals surface area contributed by atoms with Crippen LogP contribution in [0.25, 0.3) is 0 Å². The fourth-order valence-electron chi connectivity index (χ4n) is 0.931. The fourth-order valence-corrected chi connectivity index (χ4v) is 3.89. The molecule has 0 bridgehead atoms. The summed E-state index contributed by atoms with van der Waals surface area (Å²) < 4.78 is 0. The maximum Gasteiger partial charge on any atom is 1.00 e. The number of Topliss-reactive ketones (excluding diaryl/α,β-unsaturated/α-hetero) is 2. The topological polar surface area (TPSA) is 57.2 Å². The van der Waals surface area contributed by atoms with Crippen LogP contribution in [0.4, 0.5) is 0 Å². The van der Waals surface area contributed by atoms with Crippen molar-refractivity contribution in [3.63, 3.8) is 0 Å². The van der Waals surface area contributed by atoms with E-state index in [-0.39, 0.29) is 47.1 Å². The van der Waals surface area contributed by atoms with E-state index >= 15 is 0 Å². The van der Waals surface area contributed by atoms with Gasteiger partial charge in [0.25, 0.3) is 0 Å². The molecule has 0 saturated carbocycles. The predicted octanol–water partition coefficient (Wildman–Crippen LogP) is 0.167. The van der Waals surface area contributed by atoms with Crippen molar-refractivity contribution in [2.75, 3.05) is 53.4 Å². The number of carbonyl (C=O) groups excluding carboxylic acids is 2. The summed E-state index contributed by atoms with van der Waals surface area (Å²) in [6, 6.07) is 0. The van der Waals surface area contributed by atoms with Gasteiger partial charge < -0.3 is 5.11 Å². The number of hydrogen-bond donors (Lipinski definition) is 2. The van der Waals surface area contributed by atoms with Gasteiger partial charge in [-0.2, -0.15) is 55.9 Å². The fraction of sp³-hybridized carbons (Fsp3) is 0.867. The zero-order valence-corrected chi connectivity index (χ0v) is 22.4. The Bertz CT molecular complexity index is 282. The number of ketones is 2. The van der Waals surface area contributed by atoms with E-state index in [1.165, 1.54) is 0 Å². The number of thioether (sulfide) groups is 2. The van der Waals surface area contributed by atoms with Gasteiger partial charge in [0.1, 0.15) is 0 Å². The van der Waals surface area contributed by atoms with Crippen molar-refractivity contribution in [3.05, 3.63) is 0 Å². The van der Waals surface area contributed by atoms with Crippen LogP contribution in [0.3, 0.4) is 0 Å². The van der Waals surface area contributed by atoms with Crippen LogP contribution < -0.4 is 34.7 Å². The van der Waals surface area contributed by atoms with Crippen LogP contribution in [0.2, 0.25) is 0 Å². The van der Waals surface area contributed by atoms with E-state index in [1.54, 1.807) is 23.5 Å². The monoisotopic (exact) mass is 478 g/mol. The summed E-state index contributed by atoms with van der Waals surface area (Å²) in [5.74, 6) is 7.45. The molecule has 1 aliphatic heterocycles. The Morgan fingerprint density at radius 1 is 1.16 bits per heavy atom. The van der Waals surface area contributed by atoms with E-state index < -0.39 is 0 Å². The molecule has 1 heterocycles. The van der Waals surface area contributed by atoms with E-state index in [2.05, 4.69) is 39.1 Å². The first-order valence-electron chi connectivity index (χ1n) is 7.34. The van der Waals surface area contributed by atoms with Crippen LogP contribution in [0.1, 0.15) is 13.8 Å². The Balaban J connectivity index is -0.000000130. The van der Waals surface area contributed by atoms with Crippen LogP contribution >= 0.6 is 72.0 Å². The summed E-state index contributed by atoms with van der Waals surface area (Å²) in [7, 11) is 0.750. The minimum Gasteiger partial charge on any atom is -0.857 e. The number of hydrogen-bond acceptors (Lipinski definition) is 7. The summed E-state index contributed by atoms with van der Waals surface area (Å²) in [5.41, 5.74) is 0. The molecule has 10 heteroatoms. The Hall–Kier alpha value is 2.28. The van der Waals surface area contributed by atoms with Gasteiger partial charge in [-0.3, -0.25) is 9.59 Å². The van der Waals surface area contributed by atoms with Crippen molar-refractivity contribution >= 4 is 83.5 Å². The van der Waals surface area contributed by atoms with E-state index in [4.69, 9.17) is 28.3 Å². The molecule has 3 nitrogen and oxygen atoms in total. The van der Waals surface area contributed by atoms with Gasteiger partial charge >= 0.3 is 29.6 Å². The van der Waals surface area contributed by atoms with Gasteiger partial charge in [0, 0.05) is 0 Å². The first kappa shape index (κ1) is 34.8. The molecule has 0 aromatic carbocycles. The first-order valence-corrected chi connectivity index (χ1v) is 12.0.